The lowest BCUT2D eigenvalue weighted by molar-refractivity contribution is -0.146. The Morgan fingerprint density at radius 1 is 1.32 bits per heavy atom. The van der Waals surface area contributed by atoms with Crippen LogP contribution in [0.3, 0.4) is 0 Å². The molecule has 2 heterocycles. The zero-order chi connectivity index (χ0) is 13.7. The predicted molar refractivity (Wildman–Crippen MR) is 70.1 cm³/mol. The van der Waals surface area contributed by atoms with Crippen LogP contribution in [0.15, 0.2) is 0 Å². The zero-order valence-corrected chi connectivity index (χ0v) is 11.8. The number of likely N-dealkylation sites (tertiary alicyclic amines) is 1. The van der Waals surface area contributed by atoms with Gasteiger partial charge in [0.2, 0.25) is 5.91 Å². The molecule has 2 saturated heterocycles. The summed E-state index contributed by atoms with van der Waals surface area (Å²) < 4.78 is 15.9. The van der Waals surface area contributed by atoms with Crippen LogP contribution in [-0.4, -0.2) is 88.1 Å². The van der Waals surface area contributed by atoms with Gasteiger partial charge in [-0.1, -0.05) is 0 Å². The van der Waals surface area contributed by atoms with E-state index in [2.05, 4.69) is 4.90 Å². The highest BCUT2D eigenvalue weighted by Crippen LogP contribution is 2.23. The number of carbonyl (C=O) groups is 1. The first-order valence-corrected chi connectivity index (χ1v) is 6.87. The van der Waals surface area contributed by atoms with Gasteiger partial charge in [0.25, 0.3) is 0 Å². The standard InChI is InChI=1S/C13H24N2O4/c1-17-7-5-14-6-8-19-12-3-4-15(9-11(12)14)13(16)10-18-2/h11-12H,3-10H2,1-2H3/t11-,12-/m1/s1. The number of methoxy groups -OCH3 is 2. The monoisotopic (exact) mass is 272 g/mol. The highest BCUT2D eigenvalue weighted by molar-refractivity contribution is 5.77. The lowest BCUT2D eigenvalue weighted by Crippen LogP contribution is -2.61. The van der Waals surface area contributed by atoms with Crippen molar-refractivity contribution in [1.82, 2.24) is 9.80 Å². The minimum absolute atomic E-state index is 0.0678. The van der Waals surface area contributed by atoms with E-state index in [0.717, 1.165) is 45.8 Å². The molecular formula is C13H24N2O4. The van der Waals surface area contributed by atoms with Crippen LogP contribution < -0.4 is 0 Å². The van der Waals surface area contributed by atoms with E-state index in [9.17, 15) is 4.79 Å². The molecule has 0 aromatic carbocycles. The number of morpholine rings is 1. The van der Waals surface area contributed by atoms with Crippen molar-refractivity contribution in [3.63, 3.8) is 0 Å². The first-order valence-electron chi connectivity index (χ1n) is 6.87. The smallest absolute Gasteiger partial charge is 0.248 e. The average Bonchev–Trinajstić information content (AvgIpc) is 2.44. The van der Waals surface area contributed by atoms with E-state index in [4.69, 9.17) is 14.2 Å². The van der Waals surface area contributed by atoms with E-state index in [1.807, 2.05) is 4.90 Å². The van der Waals surface area contributed by atoms with Gasteiger partial charge >= 0.3 is 0 Å². The third-order valence-corrected chi connectivity index (χ3v) is 3.90. The van der Waals surface area contributed by atoms with Gasteiger partial charge in [-0.05, 0) is 6.42 Å². The van der Waals surface area contributed by atoms with Crippen molar-refractivity contribution in [3.8, 4) is 0 Å². The molecule has 2 aliphatic rings. The minimum atomic E-state index is 0.0678. The Labute approximate surface area is 114 Å². The zero-order valence-electron chi connectivity index (χ0n) is 11.8. The summed E-state index contributed by atoms with van der Waals surface area (Å²) in [6.45, 7) is 4.96. The van der Waals surface area contributed by atoms with Gasteiger partial charge in [-0.2, -0.15) is 0 Å². The Hall–Kier alpha value is -0.690. The molecular weight excluding hydrogens is 248 g/mol. The molecule has 0 spiro atoms. The van der Waals surface area contributed by atoms with Crippen LogP contribution >= 0.6 is 0 Å². The maximum atomic E-state index is 11.9. The number of carbonyl (C=O) groups excluding carboxylic acids is 1. The summed E-state index contributed by atoms with van der Waals surface area (Å²) in [6, 6.07) is 0.290. The fourth-order valence-electron chi connectivity index (χ4n) is 2.87. The summed E-state index contributed by atoms with van der Waals surface area (Å²) in [5, 5.41) is 0. The molecule has 110 valence electrons. The van der Waals surface area contributed by atoms with E-state index in [-0.39, 0.29) is 18.6 Å². The highest BCUT2D eigenvalue weighted by atomic mass is 16.5. The largest absolute Gasteiger partial charge is 0.383 e. The third-order valence-electron chi connectivity index (χ3n) is 3.90. The van der Waals surface area contributed by atoms with Gasteiger partial charge in [-0.3, -0.25) is 9.69 Å². The normalized spacial score (nSPS) is 28.2. The molecule has 0 aromatic heterocycles. The second-order valence-corrected chi connectivity index (χ2v) is 5.07. The molecule has 2 rings (SSSR count). The SMILES string of the molecule is COCCN1CCO[C@@H]2CCN(C(=O)COC)C[C@H]21. The number of hydrogen-bond donors (Lipinski definition) is 0. The van der Waals surface area contributed by atoms with Crippen LogP contribution in [0.1, 0.15) is 6.42 Å². The van der Waals surface area contributed by atoms with Crippen LogP contribution in [0.5, 0.6) is 0 Å². The number of ether oxygens (including phenoxy) is 3. The van der Waals surface area contributed by atoms with Crippen LogP contribution in [0.2, 0.25) is 0 Å². The topological polar surface area (TPSA) is 51.2 Å². The Morgan fingerprint density at radius 2 is 2.16 bits per heavy atom. The average molecular weight is 272 g/mol. The van der Waals surface area contributed by atoms with Crippen molar-refractivity contribution in [2.24, 2.45) is 0 Å². The summed E-state index contributed by atoms with van der Waals surface area (Å²) in [4.78, 5) is 16.2. The molecule has 0 unspecified atom stereocenters. The van der Waals surface area contributed by atoms with Crippen LogP contribution in [0.25, 0.3) is 0 Å². The van der Waals surface area contributed by atoms with E-state index >= 15 is 0 Å². The lowest BCUT2D eigenvalue weighted by Gasteiger charge is -2.47. The van der Waals surface area contributed by atoms with E-state index < -0.39 is 0 Å². The molecule has 2 atom stereocenters. The summed E-state index contributed by atoms with van der Waals surface area (Å²) in [5.41, 5.74) is 0. The summed E-state index contributed by atoms with van der Waals surface area (Å²) in [5.74, 6) is 0.0678. The number of amides is 1. The van der Waals surface area contributed by atoms with E-state index in [1.165, 1.54) is 0 Å². The molecule has 0 saturated carbocycles. The molecule has 0 aliphatic carbocycles. The fraction of sp³-hybridized carbons (Fsp3) is 0.923. The van der Waals surface area contributed by atoms with Crippen LogP contribution in [0.4, 0.5) is 0 Å². The van der Waals surface area contributed by atoms with E-state index in [0.29, 0.717) is 6.04 Å². The maximum Gasteiger partial charge on any atom is 0.248 e. The summed E-state index contributed by atoms with van der Waals surface area (Å²) in [7, 11) is 3.27. The quantitative estimate of drug-likeness (QED) is 0.680. The molecule has 6 nitrogen and oxygen atoms in total. The molecule has 0 bridgehead atoms. The maximum absolute atomic E-state index is 11.9. The Kier molecular flexibility index (Phi) is 5.57. The van der Waals surface area contributed by atoms with Crippen molar-refractivity contribution in [1.29, 1.82) is 0 Å². The minimum Gasteiger partial charge on any atom is -0.383 e. The number of hydrogen-bond acceptors (Lipinski definition) is 5. The van der Waals surface area contributed by atoms with Crippen LogP contribution in [-0.2, 0) is 19.0 Å². The number of rotatable bonds is 5. The lowest BCUT2D eigenvalue weighted by atomic mass is 9.98. The first kappa shape index (κ1) is 14.7. The molecule has 2 fully saturated rings. The second-order valence-electron chi connectivity index (χ2n) is 5.07. The molecule has 19 heavy (non-hydrogen) atoms. The molecule has 0 aromatic rings. The number of piperidine rings is 1. The summed E-state index contributed by atoms with van der Waals surface area (Å²) >= 11 is 0. The van der Waals surface area contributed by atoms with Gasteiger partial charge in [0.05, 0.1) is 25.4 Å². The molecule has 0 N–H and O–H groups in total. The van der Waals surface area contributed by atoms with Gasteiger partial charge in [-0.25, -0.2) is 0 Å². The predicted octanol–water partition coefficient (Wildman–Crippen LogP) is -0.419. The molecule has 1 amide bonds. The van der Waals surface area contributed by atoms with Gasteiger partial charge in [0, 0.05) is 40.4 Å². The van der Waals surface area contributed by atoms with Gasteiger partial charge in [-0.15, -0.1) is 0 Å². The van der Waals surface area contributed by atoms with Gasteiger partial charge in [0.1, 0.15) is 6.61 Å². The second kappa shape index (κ2) is 7.19. The van der Waals surface area contributed by atoms with Crippen LogP contribution in [0, 0.1) is 0 Å². The van der Waals surface area contributed by atoms with Crippen molar-refractivity contribution < 1.29 is 19.0 Å². The van der Waals surface area contributed by atoms with Crippen molar-refractivity contribution in [2.75, 3.05) is 60.2 Å². The Balaban J connectivity index is 1.94. The van der Waals surface area contributed by atoms with Crippen molar-refractivity contribution in [3.05, 3.63) is 0 Å². The third kappa shape index (κ3) is 3.66. The number of fused-ring (bicyclic) bond motifs is 1. The van der Waals surface area contributed by atoms with Gasteiger partial charge < -0.3 is 19.1 Å². The van der Waals surface area contributed by atoms with Gasteiger partial charge in [0.15, 0.2) is 0 Å². The molecule has 2 aliphatic heterocycles. The first-order chi connectivity index (χ1) is 9.26. The Morgan fingerprint density at radius 3 is 2.89 bits per heavy atom. The summed E-state index contributed by atoms with van der Waals surface area (Å²) in [6.07, 6.45) is 1.15. The number of nitrogens with zero attached hydrogens (tertiary/aromatic N) is 2. The highest BCUT2D eigenvalue weighted by Gasteiger charge is 2.37. The Bertz CT molecular complexity index is 300. The van der Waals surface area contributed by atoms with Crippen molar-refractivity contribution in [2.45, 2.75) is 18.6 Å². The fourth-order valence-corrected chi connectivity index (χ4v) is 2.87. The molecule has 0 radical (unpaired) electrons. The van der Waals surface area contributed by atoms with E-state index in [1.54, 1.807) is 14.2 Å². The molecule has 6 heteroatoms. The van der Waals surface area contributed by atoms with Crippen molar-refractivity contribution >= 4 is 5.91 Å².